The standard InChI is InChI=1S/C10H15N2/c1-2-6-11(7-3-1)10-12-8-4-5-9-12/h1-3,6-7H,4-5,8-10H2/q+1. The number of nitrogens with zero attached hydrogens (tertiary/aromatic N) is 2. The van der Waals surface area contributed by atoms with E-state index in [1.807, 2.05) is 0 Å². The zero-order valence-electron chi connectivity index (χ0n) is 7.32. The Bertz CT molecular complexity index is 227. The Morgan fingerprint density at radius 3 is 2.33 bits per heavy atom. The summed E-state index contributed by atoms with van der Waals surface area (Å²) < 4.78 is 2.23. The summed E-state index contributed by atoms with van der Waals surface area (Å²) in [6.45, 7) is 3.59. The number of pyridine rings is 1. The van der Waals surface area contributed by atoms with E-state index in [1.165, 1.54) is 25.9 Å². The highest BCUT2D eigenvalue weighted by Gasteiger charge is 2.14. The largest absolute Gasteiger partial charge is 0.248 e. The third kappa shape index (κ3) is 1.83. The van der Waals surface area contributed by atoms with E-state index >= 15 is 0 Å². The first-order valence-electron chi connectivity index (χ1n) is 4.61. The summed E-state index contributed by atoms with van der Waals surface area (Å²) in [7, 11) is 0. The lowest BCUT2D eigenvalue weighted by atomic mass is 10.4. The van der Waals surface area contributed by atoms with Crippen LogP contribution in [0.15, 0.2) is 30.6 Å². The van der Waals surface area contributed by atoms with Crippen molar-refractivity contribution in [3.63, 3.8) is 0 Å². The van der Waals surface area contributed by atoms with E-state index in [9.17, 15) is 0 Å². The molecule has 0 unspecified atom stereocenters. The molecule has 1 aliphatic rings. The van der Waals surface area contributed by atoms with Crippen LogP contribution in [-0.4, -0.2) is 18.0 Å². The Kier molecular flexibility index (Phi) is 2.37. The minimum Gasteiger partial charge on any atom is -0.248 e. The Hall–Kier alpha value is -0.890. The topological polar surface area (TPSA) is 7.12 Å². The molecule has 0 atom stereocenters. The Balaban J connectivity index is 1.94. The molecule has 1 saturated heterocycles. The van der Waals surface area contributed by atoms with Gasteiger partial charge >= 0.3 is 0 Å². The molecule has 12 heavy (non-hydrogen) atoms. The summed E-state index contributed by atoms with van der Waals surface area (Å²) in [6.07, 6.45) is 6.98. The lowest BCUT2D eigenvalue weighted by Crippen LogP contribution is -2.41. The molecule has 1 aliphatic heterocycles. The Morgan fingerprint density at radius 2 is 1.67 bits per heavy atom. The zero-order chi connectivity index (χ0) is 8.23. The molecule has 2 heteroatoms. The van der Waals surface area contributed by atoms with Crippen LogP contribution in [0.3, 0.4) is 0 Å². The molecule has 2 heterocycles. The van der Waals surface area contributed by atoms with E-state index in [-0.39, 0.29) is 0 Å². The molecule has 0 N–H and O–H groups in total. The van der Waals surface area contributed by atoms with Crippen LogP contribution in [0.2, 0.25) is 0 Å². The zero-order valence-corrected chi connectivity index (χ0v) is 7.32. The van der Waals surface area contributed by atoms with Gasteiger partial charge < -0.3 is 0 Å². The maximum absolute atomic E-state index is 2.49. The molecule has 0 aromatic carbocycles. The van der Waals surface area contributed by atoms with Gasteiger partial charge in [0.2, 0.25) is 6.67 Å². The van der Waals surface area contributed by atoms with Crippen LogP contribution in [-0.2, 0) is 6.67 Å². The second-order valence-electron chi connectivity index (χ2n) is 3.36. The average Bonchev–Trinajstić information content (AvgIpc) is 2.59. The van der Waals surface area contributed by atoms with Crippen molar-refractivity contribution >= 4 is 0 Å². The first kappa shape index (κ1) is 7.74. The molecule has 0 saturated carbocycles. The van der Waals surface area contributed by atoms with E-state index in [0.29, 0.717) is 0 Å². The van der Waals surface area contributed by atoms with Crippen molar-refractivity contribution in [2.45, 2.75) is 19.5 Å². The van der Waals surface area contributed by atoms with Crippen LogP contribution in [0.1, 0.15) is 12.8 Å². The maximum Gasteiger partial charge on any atom is 0.204 e. The second-order valence-corrected chi connectivity index (χ2v) is 3.36. The predicted molar refractivity (Wildman–Crippen MR) is 47.4 cm³/mol. The van der Waals surface area contributed by atoms with Gasteiger partial charge in [0.05, 0.1) is 0 Å². The summed E-state index contributed by atoms with van der Waals surface area (Å²) in [5.41, 5.74) is 0. The minimum atomic E-state index is 1.06. The van der Waals surface area contributed by atoms with Crippen molar-refractivity contribution in [2.75, 3.05) is 13.1 Å². The Morgan fingerprint density at radius 1 is 1.00 bits per heavy atom. The van der Waals surface area contributed by atoms with Gasteiger partial charge in [-0.15, -0.1) is 0 Å². The highest BCUT2D eigenvalue weighted by atomic mass is 15.2. The summed E-state index contributed by atoms with van der Waals surface area (Å²) in [5.74, 6) is 0. The summed E-state index contributed by atoms with van der Waals surface area (Å²) in [6, 6.07) is 6.21. The molecule has 2 rings (SSSR count). The van der Waals surface area contributed by atoms with Crippen LogP contribution in [0.5, 0.6) is 0 Å². The Labute approximate surface area is 73.4 Å². The van der Waals surface area contributed by atoms with Crippen molar-refractivity contribution in [1.29, 1.82) is 0 Å². The van der Waals surface area contributed by atoms with Crippen LogP contribution < -0.4 is 4.57 Å². The lowest BCUT2D eigenvalue weighted by molar-refractivity contribution is -0.715. The molecule has 2 nitrogen and oxygen atoms in total. The predicted octanol–water partition coefficient (Wildman–Crippen LogP) is 1.03. The molecule has 1 aromatic rings. The monoisotopic (exact) mass is 163 g/mol. The van der Waals surface area contributed by atoms with E-state index in [1.54, 1.807) is 0 Å². The molecular weight excluding hydrogens is 148 g/mol. The number of aromatic nitrogens is 1. The van der Waals surface area contributed by atoms with Crippen molar-refractivity contribution in [3.05, 3.63) is 30.6 Å². The van der Waals surface area contributed by atoms with Gasteiger partial charge in [-0.05, 0) is 12.8 Å². The molecule has 64 valence electrons. The summed E-state index contributed by atoms with van der Waals surface area (Å²) in [5, 5.41) is 0. The summed E-state index contributed by atoms with van der Waals surface area (Å²) in [4.78, 5) is 2.49. The summed E-state index contributed by atoms with van der Waals surface area (Å²) >= 11 is 0. The van der Waals surface area contributed by atoms with Crippen LogP contribution in [0.4, 0.5) is 0 Å². The fourth-order valence-corrected chi connectivity index (χ4v) is 1.68. The SMILES string of the molecule is c1cc[n+](CN2CCCC2)cc1. The van der Waals surface area contributed by atoms with Gasteiger partial charge in [-0.2, -0.15) is 4.57 Å². The molecule has 0 amide bonds. The van der Waals surface area contributed by atoms with Crippen molar-refractivity contribution in [1.82, 2.24) is 4.90 Å². The number of likely N-dealkylation sites (tertiary alicyclic amines) is 1. The lowest BCUT2D eigenvalue weighted by Gasteiger charge is -2.09. The molecule has 0 aliphatic carbocycles. The third-order valence-corrected chi connectivity index (χ3v) is 2.34. The molecule has 1 aromatic heterocycles. The molecule has 0 spiro atoms. The van der Waals surface area contributed by atoms with Gasteiger partial charge in [-0.1, -0.05) is 6.07 Å². The minimum absolute atomic E-state index is 1.06. The molecular formula is C10H15N2+. The first-order chi connectivity index (χ1) is 5.95. The quantitative estimate of drug-likeness (QED) is 0.591. The van der Waals surface area contributed by atoms with E-state index in [0.717, 1.165) is 6.67 Å². The van der Waals surface area contributed by atoms with Crippen molar-refractivity contribution in [3.8, 4) is 0 Å². The van der Waals surface area contributed by atoms with Crippen molar-refractivity contribution in [2.24, 2.45) is 0 Å². The van der Waals surface area contributed by atoms with Gasteiger partial charge in [0.15, 0.2) is 12.4 Å². The van der Waals surface area contributed by atoms with Crippen LogP contribution in [0.25, 0.3) is 0 Å². The van der Waals surface area contributed by atoms with Gasteiger partial charge in [0.25, 0.3) is 0 Å². The van der Waals surface area contributed by atoms with Crippen LogP contribution in [0, 0.1) is 0 Å². The van der Waals surface area contributed by atoms with Crippen molar-refractivity contribution < 1.29 is 4.57 Å². The van der Waals surface area contributed by atoms with E-state index in [4.69, 9.17) is 0 Å². The van der Waals surface area contributed by atoms with Gasteiger partial charge in [0.1, 0.15) is 0 Å². The number of rotatable bonds is 2. The fraction of sp³-hybridized carbons (Fsp3) is 0.500. The second kappa shape index (κ2) is 3.68. The van der Waals surface area contributed by atoms with Crippen LogP contribution >= 0.6 is 0 Å². The number of hydrogen-bond acceptors (Lipinski definition) is 1. The van der Waals surface area contributed by atoms with Gasteiger partial charge in [0, 0.05) is 25.2 Å². The molecule has 0 bridgehead atoms. The third-order valence-electron chi connectivity index (χ3n) is 2.34. The number of hydrogen-bond donors (Lipinski definition) is 0. The van der Waals surface area contributed by atoms with Gasteiger partial charge in [-0.3, -0.25) is 0 Å². The van der Waals surface area contributed by atoms with E-state index in [2.05, 4.69) is 40.1 Å². The normalized spacial score (nSPS) is 18.3. The fourth-order valence-electron chi connectivity index (χ4n) is 1.68. The van der Waals surface area contributed by atoms with E-state index < -0.39 is 0 Å². The van der Waals surface area contributed by atoms with Gasteiger partial charge in [-0.25, -0.2) is 4.90 Å². The molecule has 1 fully saturated rings. The maximum atomic E-state index is 2.49. The molecule has 0 radical (unpaired) electrons. The first-order valence-corrected chi connectivity index (χ1v) is 4.61. The highest BCUT2D eigenvalue weighted by molar-refractivity contribution is 4.83. The highest BCUT2D eigenvalue weighted by Crippen LogP contribution is 2.05. The smallest absolute Gasteiger partial charge is 0.204 e. The average molecular weight is 163 g/mol.